The zero-order valence-electron chi connectivity index (χ0n) is 15.5. The number of nitrogens with zero attached hydrogens (tertiary/aromatic N) is 3. The average molecular weight is 411 g/mol. The van der Waals surface area contributed by atoms with Gasteiger partial charge in [-0.1, -0.05) is 35.9 Å². The van der Waals surface area contributed by atoms with E-state index in [0.29, 0.717) is 42.5 Å². The Hall–Kier alpha value is -3.32. The highest BCUT2D eigenvalue weighted by Crippen LogP contribution is 2.25. The van der Waals surface area contributed by atoms with Crippen LogP contribution in [0.15, 0.2) is 54.7 Å². The fourth-order valence-corrected chi connectivity index (χ4v) is 3.52. The molecule has 2 heterocycles. The molecule has 148 valence electrons. The Morgan fingerprint density at radius 2 is 1.48 bits per heavy atom. The predicted octanol–water partition coefficient (Wildman–Crippen LogP) is 3.03. The number of carbonyl (C=O) groups excluding carboxylic acids is 2. The number of H-pyrrole nitrogens is 1. The Morgan fingerprint density at radius 3 is 2.10 bits per heavy atom. The standard InChI is InChI=1S/C21H19ClN4O3/c22-15-7-5-14(6-8-15)19-17(13-23-24-19)21(29)26-11-9-25(10-12-26)20(28)16-3-1-2-4-18(16)27/h1-8,13,27H,9-12H2,(H,23,24). The van der Waals surface area contributed by atoms with Crippen LogP contribution in [0.4, 0.5) is 0 Å². The number of aromatic amines is 1. The highest BCUT2D eigenvalue weighted by molar-refractivity contribution is 6.30. The Kier molecular flexibility index (Phi) is 5.22. The Bertz CT molecular complexity index is 1040. The van der Waals surface area contributed by atoms with E-state index < -0.39 is 0 Å². The van der Waals surface area contributed by atoms with E-state index in [4.69, 9.17) is 11.6 Å². The summed E-state index contributed by atoms with van der Waals surface area (Å²) >= 11 is 5.94. The number of benzene rings is 2. The van der Waals surface area contributed by atoms with Gasteiger partial charge in [0.15, 0.2) is 0 Å². The van der Waals surface area contributed by atoms with Gasteiger partial charge in [0.25, 0.3) is 11.8 Å². The first kappa shape index (κ1) is 19.0. The molecule has 0 unspecified atom stereocenters. The average Bonchev–Trinajstić information content (AvgIpc) is 3.23. The summed E-state index contributed by atoms with van der Waals surface area (Å²) in [5, 5.41) is 17.4. The van der Waals surface area contributed by atoms with Gasteiger partial charge >= 0.3 is 0 Å². The normalized spacial score (nSPS) is 14.1. The van der Waals surface area contributed by atoms with E-state index in [1.165, 1.54) is 12.3 Å². The number of aromatic hydroxyl groups is 1. The maximum atomic E-state index is 13.0. The van der Waals surface area contributed by atoms with E-state index in [1.54, 1.807) is 40.1 Å². The predicted molar refractivity (Wildman–Crippen MR) is 109 cm³/mol. The summed E-state index contributed by atoms with van der Waals surface area (Å²) in [5.74, 6) is -0.416. The van der Waals surface area contributed by atoms with Crippen LogP contribution in [-0.2, 0) is 0 Å². The largest absolute Gasteiger partial charge is 0.507 e. The number of carbonyl (C=O) groups is 2. The molecule has 1 aromatic heterocycles. The lowest BCUT2D eigenvalue weighted by atomic mass is 10.1. The number of nitrogens with one attached hydrogen (secondary N) is 1. The van der Waals surface area contributed by atoms with Gasteiger partial charge in [-0.05, 0) is 24.3 Å². The molecule has 0 spiro atoms. The van der Waals surface area contributed by atoms with Crippen LogP contribution in [0.25, 0.3) is 11.3 Å². The van der Waals surface area contributed by atoms with Crippen molar-refractivity contribution in [1.82, 2.24) is 20.0 Å². The van der Waals surface area contributed by atoms with Gasteiger partial charge in [-0.15, -0.1) is 0 Å². The van der Waals surface area contributed by atoms with Gasteiger partial charge in [0.05, 0.1) is 23.0 Å². The topological polar surface area (TPSA) is 89.5 Å². The Labute approximate surface area is 172 Å². The number of phenolic OH excluding ortho intramolecular Hbond substituents is 1. The molecule has 1 fully saturated rings. The summed E-state index contributed by atoms with van der Waals surface area (Å²) in [6.07, 6.45) is 1.52. The summed E-state index contributed by atoms with van der Waals surface area (Å²) in [6.45, 7) is 1.60. The van der Waals surface area contributed by atoms with Crippen molar-refractivity contribution in [1.29, 1.82) is 0 Å². The molecule has 3 aromatic rings. The van der Waals surface area contributed by atoms with Gasteiger partial charge in [-0.25, -0.2) is 0 Å². The van der Waals surface area contributed by atoms with Gasteiger partial charge in [-0.2, -0.15) is 5.10 Å². The molecule has 0 radical (unpaired) electrons. The minimum Gasteiger partial charge on any atom is -0.507 e. The number of para-hydroxylation sites is 1. The second-order valence-corrected chi connectivity index (χ2v) is 7.20. The lowest BCUT2D eigenvalue weighted by Gasteiger charge is -2.34. The van der Waals surface area contributed by atoms with E-state index >= 15 is 0 Å². The van der Waals surface area contributed by atoms with Gasteiger partial charge in [0.2, 0.25) is 0 Å². The number of amides is 2. The molecule has 2 aromatic carbocycles. The molecule has 7 nitrogen and oxygen atoms in total. The van der Waals surface area contributed by atoms with Crippen molar-refractivity contribution in [2.24, 2.45) is 0 Å². The SMILES string of the molecule is O=C(c1ccccc1O)N1CCN(C(=O)c2cn[nH]c2-c2ccc(Cl)cc2)CC1. The van der Waals surface area contributed by atoms with E-state index in [0.717, 1.165) is 5.56 Å². The zero-order valence-corrected chi connectivity index (χ0v) is 16.3. The van der Waals surface area contributed by atoms with Crippen LogP contribution in [0.3, 0.4) is 0 Å². The highest BCUT2D eigenvalue weighted by Gasteiger charge is 2.28. The molecular formula is C21H19ClN4O3. The fraction of sp³-hybridized carbons (Fsp3) is 0.190. The van der Waals surface area contributed by atoms with Crippen molar-refractivity contribution in [3.63, 3.8) is 0 Å². The summed E-state index contributed by atoms with van der Waals surface area (Å²) in [4.78, 5) is 29.0. The molecule has 1 aliphatic rings. The monoisotopic (exact) mass is 410 g/mol. The molecule has 1 aliphatic heterocycles. The molecule has 0 atom stereocenters. The quantitative estimate of drug-likeness (QED) is 0.694. The van der Waals surface area contributed by atoms with Crippen molar-refractivity contribution in [2.75, 3.05) is 26.2 Å². The molecule has 0 saturated carbocycles. The van der Waals surface area contributed by atoms with Crippen LogP contribution in [0.5, 0.6) is 5.75 Å². The van der Waals surface area contributed by atoms with E-state index in [2.05, 4.69) is 10.2 Å². The molecule has 4 rings (SSSR count). The lowest BCUT2D eigenvalue weighted by molar-refractivity contribution is 0.0534. The zero-order chi connectivity index (χ0) is 20.4. The van der Waals surface area contributed by atoms with Crippen molar-refractivity contribution in [2.45, 2.75) is 0 Å². The minimum atomic E-state index is -0.236. The summed E-state index contributed by atoms with van der Waals surface area (Å²) < 4.78 is 0. The molecule has 2 N–H and O–H groups in total. The number of rotatable bonds is 3. The first-order valence-electron chi connectivity index (χ1n) is 9.20. The number of phenols is 1. The van der Waals surface area contributed by atoms with E-state index in [9.17, 15) is 14.7 Å². The third-order valence-corrected chi connectivity index (χ3v) is 5.24. The molecule has 0 aliphatic carbocycles. The van der Waals surface area contributed by atoms with Crippen LogP contribution in [-0.4, -0.2) is 63.1 Å². The second kappa shape index (κ2) is 7.97. The van der Waals surface area contributed by atoms with Crippen molar-refractivity contribution in [3.05, 3.63) is 70.9 Å². The van der Waals surface area contributed by atoms with Gasteiger partial charge in [-0.3, -0.25) is 14.7 Å². The van der Waals surface area contributed by atoms with Crippen LogP contribution < -0.4 is 0 Å². The smallest absolute Gasteiger partial charge is 0.257 e. The molecular weight excluding hydrogens is 392 g/mol. The molecule has 1 saturated heterocycles. The van der Waals surface area contributed by atoms with Gasteiger partial charge in [0, 0.05) is 36.8 Å². The highest BCUT2D eigenvalue weighted by atomic mass is 35.5. The van der Waals surface area contributed by atoms with Crippen molar-refractivity contribution >= 4 is 23.4 Å². The summed E-state index contributed by atoms with van der Waals surface area (Å²) in [5.41, 5.74) is 2.21. The van der Waals surface area contributed by atoms with Gasteiger partial charge in [0.1, 0.15) is 5.75 Å². The van der Waals surface area contributed by atoms with Crippen LogP contribution >= 0.6 is 11.6 Å². The van der Waals surface area contributed by atoms with Crippen LogP contribution in [0.1, 0.15) is 20.7 Å². The second-order valence-electron chi connectivity index (χ2n) is 6.77. The molecule has 8 heteroatoms. The first-order valence-corrected chi connectivity index (χ1v) is 9.58. The lowest BCUT2D eigenvalue weighted by Crippen LogP contribution is -2.50. The molecule has 0 bridgehead atoms. The third kappa shape index (κ3) is 3.82. The fourth-order valence-electron chi connectivity index (χ4n) is 3.39. The van der Waals surface area contributed by atoms with Crippen molar-refractivity contribution < 1.29 is 14.7 Å². The Balaban J connectivity index is 1.45. The third-order valence-electron chi connectivity index (χ3n) is 4.99. The minimum absolute atomic E-state index is 0.0398. The number of piperazine rings is 1. The van der Waals surface area contributed by atoms with Crippen LogP contribution in [0, 0.1) is 0 Å². The number of aromatic nitrogens is 2. The van der Waals surface area contributed by atoms with Crippen molar-refractivity contribution in [3.8, 4) is 17.0 Å². The van der Waals surface area contributed by atoms with E-state index in [1.807, 2.05) is 12.1 Å². The Morgan fingerprint density at radius 1 is 0.897 bits per heavy atom. The first-order chi connectivity index (χ1) is 14.0. The van der Waals surface area contributed by atoms with E-state index in [-0.39, 0.29) is 23.1 Å². The summed E-state index contributed by atoms with van der Waals surface area (Å²) in [6, 6.07) is 13.6. The van der Waals surface area contributed by atoms with Gasteiger partial charge < -0.3 is 14.9 Å². The molecule has 29 heavy (non-hydrogen) atoms. The molecule has 2 amide bonds. The summed E-state index contributed by atoms with van der Waals surface area (Å²) in [7, 11) is 0. The maximum absolute atomic E-state index is 13.0. The number of halogens is 1. The maximum Gasteiger partial charge on any atom is 0.257 e. The number of hydrogen-bond donors (Lipinski definition) is 2. The number of hydrogen-bond acceptors (Lipinski definition) is 4. The van der Waals surface area contributed by atoms with Crippen LogP contribution in [0.2, 0.25) is 5.02 Å².